The summed E-state index contributed by atoms with van der Waals surface area (Å²) in [6.07, 6.45) is 1.75. The van der Waals surface area contributed by atoms with E-state index >= 15 is 0 Å². The lowest BCUT2D eigenvalue weighted by molar-refractivity contribution is 0.0526. The van der Waals surface area contributed by atoms with Gasteiger partial charge in [0.05, 0.1) is 24.4 Å². The standard InChI is InChI=1S/C15H14Br2N2O2/c1-2-21-15(20)10-4-3-5-12(6-10)18-9-14-13(17)7-11(16)8-19-14/h3-8,18H,2,9H2,1H3. The summed E-state index contributed by atoms with van der Waals surface area (Å²) in [4.78, 5) is 16.0. The third-order valence-electron chi connectivity index (χ3n) is 2.72. The van der Waals surface area contributed by atoms with Crippen LogP contribution < -0.4 is 5.32 Å². The van der Waals surface area contributed by atoms with Gasteiger partial charge in [0.25, 0.3) is 0 Å². The van der Waals surface area contributed by atoms with Crippen molar-refractivity contribution in [1.29, 1.82) is 0 Å². The Hall–Kier alpha value is -1.40. The van der Waals surface area contributed by atoms with E-state index in [2.05, 4.69) is 42.2 Å². The molecule has 0 atom stereocenters. The van der Waals surface area contributed by atoms with Crippen LogP contribution in [0.3, 0.4) is 0 Å². The van der Waals surface area contributed by atoms with Gasteiger partial charge in [-0.2, -0.15) is 0 Å². The van der Waals surface area contributed by atoms with Crippen LogP contribution in [0.25, 0.3) is 0 Å². The molecule has 0 amide bonds. The molecule has 110 valence electrons. The number of carbonyl (C=O) groups is 1. The molecule has 0 aliphatic heterocycles. The van der Waals surface area contributed by atoms with E-state index in [-0.39, 0.29) is 5.97 Å². The van der Waals surface area contributed by atoms with E-state index in [0.717, 1.165) is 20.3 Å². The largest absolute Gasteiger partial charge is 0.462 e. The van der Waals surface area contributed by atoms with Gasteiger partial charge < -0.3 is 10.1 Å². The molecule has 4 nitrogen and oxygen atoms in total. The molecule has 0 aliphatic carbocycles. The fraction of sp³-hybridized carbons (Fsp3) is 0.200. The highest BCUT2D eigenvalue weighted by molar-refractivity contribution is 9.11. The molecule has 0 fully saturated rings. The van der Waals surface area contributed by atoms with E-state index in [1.807, 2.05) is 18.2 Å². The van der Waals surface area contributed by atoms with Gasteiger partial charge in [0.2, 0.25) is 0 Å². The second kappa shape index (κ2) is 7.56. The van der Waals surface area contributed by atoms with Gasteiger partial charge in [-0.25, -0.2) is 4.79 Å². The van der Waals surface area contributed by atoms with Crippen LogP contribution in [0.15, 0.2) is 45.5 Å². The Morgan fingerprint density at radius 3 is 2.86 bits per heavy atom. The second-order valence-corrected chi connectivity index (χ2v) is 6.01. The fourth-order valence-corrected chi connectivity index (χ4v) is 2.86. The van der Waals surface area contributed by atoms with Crippen LogP contribution in [0.2, 0.25) is 0 Å². The van der Waals surface area contributed by atoms with Crippen molar-refractivity contribution in [3.63, 3.8) is 0 Å². The highest BCUT2D eigenvalue weighted by Gasteiger charge is 2.07. The minimum atomic E-state index is -0.316. The maximum absolute atomic E-state index is 11.7. The molecule has 21 heavy (non-hydrogen) atoms. The minimum absolute atomic E-state index is 0.316. The van der Waals surface area contributed by atoms with Crippen molar-refractivity contribution in [2.75, 3.05) is 11.9 Å². The molecular formula is C15H14Br2N2O2. The van der Waals surface area contributed by atoms with Gasteiger partial charge >= 0.3 is 5.97 Å². The number of halogens is 2. The number of anilines is 1. The summed E-state index contributed by atoms with van der Waals surface area (Å²) in [5.74, 6) is -0.316. The molecule has 1 N–H and O–H groups in total. The molecule has 1 aromatic heterocycles. The SMILES string of the molecule is CCOC(=O)c1cccc(NCc2ncc(Br)cc2Br)c1. The summed E-state index contributed by atoms with van der Waals surface area (Å²) in [6, 6.07) is 9.16. The van der Waals surface area contributed by atoms with Crippen LogP contribution in [0.5, 0.6) is 0 Å². The number of benzene rings is 1. The minimum Gasteiger partial charge on any atom is -0.462 e. The topological polar surface area (TPSA) is 51.2 Å². The number of carbonyl (C=O) groups excluding carboxylic acids is 1. The number of ether oxygens (including phenoxy) is 1. The zero-order chi connectivity index (χ0) is 15.2. The Balaban J connectivity index is 2.06. The van der Waals surface area contributed by atoms with Crippen molar-refractivity contribution in [3.05, 3.63) is 56.7 Å². The van der Waals surface area contributed by atoms with Gasteiger partial charge in [-0.3, -0.25) is 4.98 Å². The van der Waals surface area contributed by atoms with Crippen molar-refractivity contribution < 1.29 is 9.53 Å². The lowest BCUT2D eigenvalue weighted by Gasteiger charge is -2.09. The van der Waals surface area contributed by atoms with Gasteiger partial charge in [0.15, 0.2) is 0 Å². The van der Waals surface area contributed by atoms with E-state index in [4.69, 9.17) is 4.74 Å². The Bertz CT molecular complexity index is 647. The predicted molar refractivity (Wildman–Crippen MR) is 89.4 cm³/mol. The van der Waals surface area contributed by atoms with E-state index in [1.54, 1.807) is 25.3 Å². The van der Waals surface area contributed by atoms with Gasteiger partial charge in [0.1, 0.15) is 0 Å². The highest BCUT2D eigenvalue weighted by Crippen LogP contribution is 2.21. The number of hydrogen-bond donors (Lipinski definition) is 1. The summed E-state index contributed by atoms with van der Waals surface area (Å²) >= 11 is 6.84. The zero-order valence-electron chi connectivity index (χ0n) is 11.4. The molecular weight excluding hydrogens is 400 g/mol. The third kappa shape index (κ3) is 4.54. The average Bonchev–Trinajstić information content (AvgIpc) is 2.47. The molecule has 2 rings (SSSR count). The first-order valence-electron chi connectivity index (χ1n) is 6.41. The molecule has 1 aromatic carbocycles. The number of aromatic nitrogens is 1. The van der Waals surface area contributed by atoms with Crippen molar-refractivity contribution >= 4 is 43.5 Å². The Morgan fingerprint density at radius 2 is 2.14 bits per heavy atom. The number of nitrogens with zero attached hydrogens (tertiary/aromatic N) is 1. The average molecular weight is 414 g/mol. The third-order valence-corrected chi connectivity index (χ3v) is 3.84. The first kappa shape index (κ1) is 16.0. The Labute approximate surface area is 140 Å². The normalized spacial score (nSPS) is 10.2. The van der Waals surface area contributed by atoms with Crippen LogP contribution >= 0.6 is 31.9 Å². The molecule has 6 heteroatoms. The van der Waals surface area contributed by atoms with Gasteiger partial charge in [-0.05, 0) is 63.0 Å². The summed E-state index contributed by atoms with van der Waals surface area (Å²) < 4.78 is 6.83. The van der Waals surface area contributed by atoms with E-state index < -0.39 is 0 Å². The zero-order valence-corrected chi connectivity index (χ0v) is 14.6. The van der Waals surface area contributed by atoms with Crippen LogP contribution in [0.4, 0.5) is 5.69 Å². The van der Waals surface area contributed by atoms with Gasteiger partial charge in [0, 0.05) is 20.8 Å². The summed E-state index contributed by atoms with van der Waals surface area (Å²) in [6.45, 7) is 2.71. The fourth-order valence-electron chi connectivity index (χ4n) is 1.73. The van der Waals surface area contributed by atoms with Crippen molar-refractivity contribution in [1.82, 2.24) is 4.98 Å². The second-order valence-electron chi connectivity index (χ2n) is 4.24. The number of nitrogens with one attached hydrogen (secondary N) is 1. The van der Waals surface area contributed by atoms with Crippen LogP contribution in [0, 0.1) is 0 Å². The van der Waals surface area contributed by atoms with Crippen molar-refractivity contribution in [2.45, 2.75) is 13.5 Å². The summed E-state index contributed by atoms with van der Waals surface area (Å²) in [7, 11) is 0. The molecule has 0 spiro atoms. The number of pyridine rings is 1. The molecule has 0 saturated heterocycles. The lowest BCUT2D eigenvalue weighted by atomic mass is 10.2. The predicted octanol–water partition coefficient (Wildman–Crippen LogP) is 4.40. The molecule has 0 saturated carbocycles. The molecule has 0 bridgehead atoms. The maximum atomic E-state index is 11.7. The Morgan fingerprint density at radius 1 is 1.33 bits per heavy atom. The first-order valence-corrected chi connectivity index (χ1v) is 7.99. The van der Waals surface area contributed by atoms with E-state index in [0.29, 0.717) is 18.7 Å². The summed E-state index contributed by atoms with van der Waals surface area (Å²) in [5, 5.41) is 3.24. The number of esters is 1. The monoisotopic (exact) mass is 412 g/mol. The summed E-state index contributed by atoms with van der Waals surface area (Å²) in [5.41, 5.74) is 2.27. The van der Waals surface area contributed by atoms with Gasteiger partial charge in [-0.15, -0.1) is 0 Å². The highest BCUT2D eigenvalue weighted by atomic mass is 79.9. The van der Waals surface area contributed by atoms with Crippen LogP contribution in [0.1, 0.15) is 23.0 Å². The number of rotatable bonds is 5. The lowest BCUT2D eigenvalue weighted by Crippen LogP contribution is -2.06. The maximum Gasteiger partial charge on any atom is 0.338 e. The van der Waals surface area contributed by atoms with Crippen molar-refractivity contribution in [3.8, 4) is 0 Å². The Kier molecular flexibility index (Phi) is 5.76. The van der Waals surface area contributed by atoms with E-state index in [1.165, 1.54) is 0 Å². The van der Waals surface area contributed by atoms with Gasteiger partial charge in [-0.1, -0.05) is 6.07 Å². The molecule has 0 radical (unpaired) electrons. The number of hydrogen-bond acceptors (Lipinski definition) is 4. The van der Waals surface area contributed by atoms with Crippen LogP contribution in [-0.2, 0) is 11.3 Å². The molecule has 2 aromatic rings. The first-order chi connectivity index (χ1) is 10.1. The smallest absolute Gasteiger partial charge is 0.338 e. The molecule has 0 aliphatic rings. The quantitative estimate of drug-likeness (QED) is 0.738. The van der Waals surface area contributed by atoms with Crippen molar-refractivity contribution in [2.24, 2.45) is 0 Å². The molecule has 1 heterocycles. The molecule has 0 unspecified atom stereocenters. The van der Waals surface area contributed by atoms with Crippen LogP contribution in [-0.4, -0.2) is 17.6 Å². The van der Waals surface area contributed by atoms with E-state index in [9.17, 15) is 4.79 Å².